The Bertz CT molecular complexity index is 723. The second-order valence-electron chi connectivity index (χ2n) is 6.04. The fourth-order valence-electron chi connectivity index (χ4n) is 2.66. The van der Waals surface area contributed by atoms with Crippen LogP contribution < -0.4 is 10.6 Å². The lowest BCUT2D eigenvalue weighted by Gasteiger charge is -2.10. The van der Waals surface area contributed by atoms with E-state index in [0.717, 1.165) is 38.0 Å². The van der Waals surface area contributed by atoms with Gasteiger partial charge in [0.1, 0.15) is 5.82 Å². The van der Waals surface area contributed by atoms with Crippen LogP contribution in [0, 0.1) is 5.82 Å². The van der Waals surface area contributed by atoms with E-state index in [4.69, 9.17) is 0 Å². The molecule has 0 aliphatic heterocycles. The van der Waals surface area contributed by atoms with Crippen LogP contribution in [0.2, 0.25) is 0 Å². The van der Waals surface area contributed by atoms with Crippen molar-refractivity contribution in [3.63, 3.8) is 0 Å². The maximum absolute atomic E-state index is 13.6. The fraction of sp³-hybridized carbons (Fsp3) is 0.444. The predicted molar refractivity (Wildman–Crippen MR) is 104 cm³/mol. The highest BCUT2D eigenvalue weighted by Crippen LogP contribution is 2.40. The SMILES string of the molecule is CCCNCCNC(=O)c1cc(C2CC2)nc2ccc(F)cc12.Cl.Cl. The Morgan fingerprint density at radius 3 is 2.64 bits per heavy atom. The molecule has 1 amide bonds. The summed E-state index contributed by atoms with van der Waals surface area (Å²) in [5.41, 5.74) is 2.15. The first-order chi connectivity index (χ1) is 11.2. The van der Waals surface area contributed by atoms with Gasteiger partial charge in [-0.15, -0.1) is 24.8 Å². The van der Waals surface area contributed by atoms with E-state index in [2.05, 4.69) is 22.5 Å². The van der Waals surface area contributed by atoms with Gasteiger partial charge in [-0.3, -0.25) is 9.78 Å². The van der Waals surface area contributed by atoms with Gasteiger partial charge in [-0.1, -0.05) is 6.92 Å². The Morgan fingerprint density at radius 2 is 1.96 bits per heavy atom. The van der Waals surface area contributed by atoms with E-state index in [1.54, 1.807) is 6.07 Å². The molecule has 2 aromatic rings. The highest BCUT2D eigenvalue weighted by atomic mass is 35.5. The molecule has 2 N–H and O–H groups in total. The minimum Gasteiger partial charge on any atom is -0.351 e. The van der Waals surface area contributed by atoms with Gasteiger partial charge < -0.3 is 10.6 Å². The molecule has 1 aliphatic rings. The van der Waals surface area contributed by atoms with Gasteiger partial charge >= 0.3 is 0 Å². The average Bonchev–Trinajstić information content (AvgIpc) is 3.38. The first-order valence-corrected chi connectivity index (χ1v) is 8.28. The third kappa shape index (κ3) is 5.53. The summed E-state index contributed by atoms with van der Waals surface area (Å²) in [5.74, 6) is -0.0671. The van der Waals surface area contributed by atoms with Crippen LogP contribution in [-0.2, 0) is 0 Å². The summed E-state index contributed by atoms with van der Waals surface area (Å²) in [6.45, 7) is 4.32. The number of halogens is 3. The van der Waals surface area contributed by atoms with Gasteiger partial charge in [0.2, 0.25) is 0 Å². The Kier molecular flexibility index (Phi) is 8.56. The average molecular weight is 388 g/mol. The Balaban J connectivity index is 0.00000156. The fourth-order valence-corrected chi connectivity index (χ4v) is 2.66. The Morgan fingerprint density at radius 1 is 1.20 bits per heavy atom. The quantitative estimate of drug-likeness (QED) is 0.709. The van der Waals surface area contributed by atoms with Crippen LogP contribution in [-0.4, -0.2) is 30.5 Å². The first kappa shape index (κ1) is 21.6. The lowest BCUT2D eigenvalue weighted by Crippen LogP contribution is -2.32. The summed E-state index contributed by atoms with van der Waals surface area (Å²) in [5, 5.41) is 6.72. The summed E-state index contributed by atoms with van der Waals surface area (Å²) in [6.07, 6.45) is 3.29. The Hall–Kier alpha value is -1.43. The van der Waals surface area contributed by atoms with Crippen molar-refractivity contribution >= 4 is 41.6 Å². The van der Waals surface area contributed by atoms with Crippen molar-refractivity contribution < 1.29 is 9.18 Å². The lowest BCUT2D eigenvalue weighted by molar-refractivity contribution is 0.0955. The third-order valence-electron chi connectivity index (χ3n) is 4.04. The minimum atomic E-state index is -0.350. The molecule has 0 atom stereocenters. The van der Waals surface area contributed by atoms with E-state index < -0.39 is 0 Å². The molecule has 25 heavy (non-hydrogen) atoms. The van der Waals surface area contributed by atoms with Crippen LogP contribution in [0.25, 0.3) is 10.9 Å². The number of carbonyl (C=O) groups excluding carboxylic acids is 1. The molecule has 0 spiro atoms. The van der Waals surface area contributed by atoms with E-state index in [9.17, 15) is 9.18 Å². The zero-order chi connectivity index (χ0) is 16.2. The third-order valence-corrected chi connectivity index (χ3v) is 4.04. The van der Waals surface area contributed by atoms with Crippen LogP contribution in [0.5, 0.6) is 0 Å². The zero-order valence-electron chi connectivity index (χ0n) is 14.2. The highest BCUT2D eigenvalue weighted by Gasteiger charge is 2.27. The van der Waals surface area contributed by atoms with Gasteiger partial charge in [0.25, 0.3) is 5.91 Å². The number of benzene rings is 1. The number of nitrogens with one attached hydrogen (secondary N) is 2. The number of pyridine rings is 1. The molecule has 1 saturated carbocycles. The van der Waals surface area contributed by atoms with Crippen molar-refractivity contribution in [1.29, 1.82) is 0 Å². The standard InChI is InChI=1S/C18H22FN3O.2ClH/c1-2-7-20-8-9-21-18(23)15-11-17(12-3-4-12)22-16-6-5-13(19)10-14(15)16;;/h5-6,10-12,20H,2-4,7-9H2,1H3,(H,21,23);2*1H. The van der Waals surface area contributed by atoms with E-state index >= 15 is 0 Å². The van der Waals surface area contributed by atoms with Crippen molar-refractivity contribution in [3.8, 4) is 0 Å². The molecule has 3 rings (SSSR count). The highest BCUT2D eigenvalue weighted by molar-refractivity contribution is 6.06. The molecule has 0 saturated heterocycles. The summed E-state index contributed by atoms with van der Waals surface area (Å²) in [7, 11) is 0. The lowest BCUT2D eigenvalue weighted by atomic mass is 10.1. The minimum absolute atomic E-state index is 0. The van der Waals surface area contributed by atoms with E-state index in [1.807, 2.05) is 6.07 Å². The topological polar surface area (TPSA) is 54.0 Å². The van der Waals surface area contributed by atoms with E-state index in [1.165, 1.54) is 12.1 Å². The molecule has 1 aromatic carbocycles. The maximum Gasteiger partial charge on any atom is 0.252 e. The number of nitrogens with zero attached hydrogens (tertiary/aromatic N) is 1. The van der Waals surface area contributed by atoms with Crippen LogP contribution >= 0.6 is 24.8 Å². The van der Waals surface area contributed by atoms with Crippen LogP contribution in [0.4, 0.5) is 4.39 Å². The van der Waals surface area contributed by atoms with Gasteiger partial charge in [-0.2, -0.15) is 0 Å². The van der Waals surface area contributed by atoms with Gasteiger partial charge in [0.15, 0.2) is 0 Å². The van der Waals surface area contributed by atoms with Crippen LogP contribution in [0.3, 0.4) is 0 Å². The number of hydrogen-bond donors (Lipinski definition) is 2. The van der Waals surface area contributed by atoms with Crippen LogP contribution in [0.15, 0.2) is 24.3 Å². The van der Waals surface area contributed by atoms with Gasteiger partial charge in [0.05, 0.1) is 11.1 Å². The normalized spacial score (nSPS) is 13.0. The number of rotatable bonds is 7. The summed E-state index contributed by atoms with van der Waals surface area (Å²) >= 11 is 0. The molecule has 7 heteroatoms. The zero-order valence-corrected chi connectivity index (χ0v) is 15.8. The first-order valence-electron chi connectivity index (χ1n) is 8.28. The van der Waals surface area contributed by atoms with Crippen LogP contribution in [0.1, 0.15) is 48.2 Å². The molecule has 1 aliphatic carbocycles. The van der Waals surface area contributed by atoms with Gasteiger partial charge in [0, 0.05) is 30.1 Å². The van der Waals surface area contributed by atoms with E-state index in [-0.39, 0.29) is 36.5 Å². The smallest absolute Gasteiger partial charge is 0.252 e. The van der Waals surface area contributed by atoms with Crippen molar-refractivity contribution in [3.05, 3.63) is 41.3 Å². The number of carbonyl (C=O) groups is 1. The molecule has 0 unspecified atom stereocenters. The molecule has 4 nitrogen and oxygen atoms in total. The van der Waals surface area contributed by atoms with Crippen molar-refractivity contribution in [2.45, 2.75) is 32.1 Å². The molecular weight excluding hydrogens is 364 g/mol. The van der Waals surface area contributed by atoms with Crippen molar-refractivity contribution in [1.82, 2.24) is 15.6 Å². The predicted octanol–water partition coefficient (Wildman–Crippen LogP) is 3.82. The molecule has 1 fully saturated rings. The largest absolute Gasteiger partial charge is 0.351 e. The molecular formula is C18H24Cl2FN3O. The number of hydrogen-bond acceptors (Lipinski definition) is 3. The molecule has 1 aromatic heterocycles. The molecule has 0 radical (unpaired) electrons. The molecule has 0 bridgehead atoms. The van der Waals surface area contributed by atoms with E-state index in [0.29, 0.717) is 28.9 Å². The number of fused-ring (bicyclic) bond motifs is 1. The molecule has 138 valence electrons. The molecule has 1 heterocycles. The van der Waals surface area contributed by atoms with Gasteiger partial charge in [-0.25, -0.2) is 4.39 Å². The van der Waals surface area contributed by atoms with Crippen molar-refractivity contribution in [2.24, 2.45) is 0 Å². The second-order valence-corrected chi connectivity index (χ2v) is 6.04. The monoisotopic (exact) mass is 387 g/mol. The Labute approximate surface area is 159 Å². The van der Waals surface area contributed by atoms with Crippen molar-refractivity contribution in [2.75, 3.05) is 19.6 Å². The summed E-state index contributed by atoms with van der Waals surface area (Å²) < 4.78 is 13.6. The summed E-state index contributed by atoms with van der Waals surface area (Å²) in [4.78, 5) is 17.1. The maximum atomic E-state index is 13.6. The van der Waals surface area contributed by atoms with Gasteiger partial charge in [-0.05, 0) is 50.1 Å². The number of aromatic nitrogens is 1. The second kappa shape index (κ2) is 9.90. The summed E-state index contributed by atoms with van der Waals surface area (Å²) in [6, 6.07) is 6.26. The number of amides is 1.